The lowest BCUT2D eigenvalue weighted by Gasteiger charge is -2.05. The van der Waals surface area contributed by atoms with Gasteiger partial charge in [-0.15, -0.1) is 0 Å². The van der Waals surface area contributed by atoms with E-state index in [0.29, 0.717) is 11.3 Å². The largest absolute Gasteiger partial charge is 0.321 e. The number of nitrogens with one attached hydrogen (secondary N) is 1. The maximum absolute atomic E-state index is 12.1. The Labute approximate surface area is 109 Å². The minimum Gasteiger partial charge on any atom is -0.321 e. The van der Waals surface area contributed by atoms with Crippen LogP contribution in [0.4, 0.5) is 5.69 Å². The number of nitrogens with zero attached hydrogens (tertiary/aromatic N) is 3. The van der Waals surface area contributed by atoms with Crippen molar-refractivity contribution in [1.29, 1.82) is 0 Å². The lowest BCUT2D eigenvalue weighted by Crippen LogP contribution is -2.11. The fraction of sp³-hybridized carbons (Fsp3) is 0. The smallest absolute Gasteiger partial charge is 0.255 e. The van der Waals surface area contributed by atoms with Gasteiger partial charge < -0.3 is 5.32 Å². The Morgan fingerprint density at radius 3 is 2.63 bits per heavy atom. The summed E-state index contributed by atoms with van der Waals surface area (Å²) < 4.78 is 0. The van der Waals surface area contributed by atoms with Crippen LogP contribution in [0.5, 0.6) is 0 Å². The molecular weight excluding hydrogens is 240 g/mol. The van der Waals surface area contributed by atoms with Crippen molar-refractivity contribution in [2.45, 2.75) is 0 Å². The van der Waals surface area contributed by atoms with Crippen LogP contribution in [0.15, 0.2) is 55.1 Å². The summed E-state index contributed by atoms with van der Waals surface area (Å²) in [4.78, 5) is 16.0. The zero-order chi connectivity index (χ0) is 13.1. The Balaban J connectivity index is 1.89. The first-order valence-corrected chi connectivity index (χ1v) is 5.75. The van der Waals surface area contributed by atoms with Gasteiger partial charge in [-0.25, -0.2) is 0 Å². The predicted octanol–water partition coefficient (Wildman–Crippen LogP) is 2.28. The molecular formula is C14H10N4O. The first kappa shape index (κ1) is 11.3. The molecule has 3 aromatic rings. The third-order valence-corrected chi connectivity index (χ3v) is 2.73. The van der Waals surface area contributed by atoms with Crippen LogP contribution in [0.25, 0.3) is 10.8 Å². The van der Waals surface area contributed by atoms with E-state index in [-0.39, 0.29) is 5.91 Å². The van der Waals surface area contributed by atoms with E-state index < -0.39 is 0 Å². The molecule has 0 aliphatic heterocycles. The van der Waals surface area contributed by atoms with E-state index in [1.54, 1.807) is 49.1 Å². The van der Waals surface area contributed by atoms with Crippen molar-refractivity contribution in [2.24, 2.45) is 0 Å². The topological polar surface area (TPSA) is 67.8 Å². The second-order valence-corrected chi connectivity index (χ2v) is 4.03. The molecule has 0 saturated heterocycles. The number of carbonyl (C=O) groups excluding carboxylic acids is 1. The summed E-state index contributed by atoms with van der Waals surface area (Å²) >= 11 is 0. The summed E-state index contributed by atoms with van der Waals surface area (Å²) in [5.41, 5.74) is 1.24. The molecule has 0 aliphatic carbocycles. The third kappa shape index (κ3) is 2.40. The van der Waals surface area contributed by atoms with E-state index >= 15 is 0 Å². The van der Waals surface area contributed by atoms with Crippen molar-refractivity contribution in [1.82, 2.24) is 15.2 Å². The SMILES string of the molecule is O=C(Nc1cccnc1)c1ccc2cnncc2c1. The van der Waals surface area contributed by atoms with Crippen LogP contribution < -0.4 is 5.32 Å². The lowest BCUT2D eigenvalue weighted by atomic mass is 10.1. The number of pyridine rings is 1. The number of hydrogen-bond acceptors (Lipinski definition) is 4. The summed E-state index contributed by atoms with van der Waals surface area (Å²) in [6.45, 7) is 0. The summed E-state index contributed by atoms with van der Waals surface area (Å²) in [5, 5.41) is 12.2. The average Bonchev–Trinajstić information content (AvgIpc) is 2.48. The van der Waals surface area contributed by atoms with Crippen molar-refractivity contribution in [3.8, 4) is 0 Å². The Bertz CT molecular complexity index is 728. The van der Waals surface area contributed by atoms with Crippen LogP contribution in [0.3, 0.4) is 0 Å². The molecule has 0 aliphatic rings. The number of hydrogen-bond donors (Lipinski definition) is 1. The number of carbonyl (C=O) groups is 1. The van der Waals surface area contributed by atoms with Crippen LogP contribution in [-0.2, 0) is 0 Å². The molecule has 19 heavy (non-hydrogen) atoms. The van der Waals surface area contributed by atoms with Crippen LogP contribution in [0.2, 0.25) is 0 Å². The standard InChI is InChI=1S/C14H10N4O/c19-14(18-13-2-1-5-15-9-13)10-3-4-11-7-16-17-8-12(11)6-10/h1-9H,(H,18,19). The van der Waals surface area contributed by atoms with Crippen LogP contribution in [0.1, 0.15) is 10.4 Å². The van der Waals surface area contributed by atoms with Crippen LogP contribution >= 0.6 is 0 Å². The van der Waals surface area contributed by atoms with Gasteiger partial charge in [0.2, 0.25) is 0 Å². The summed E-state index contributed by atoms with van der Waals surface area (Å²) in [6, 6.07) is 8.95. The van der Waals surface area contributed by atoms with Gasteiger partial charge in [-0.1, -0.05) is 6.07 Å². The highest BCUT2D eigenvalue weighted by Crippen LogP contribution is 2.15. The zero-order valence-electron chi connectivity index (χ0n) is 9.95. The van der Waals surface area contributed by atoms with Crippen molar-refractivity contribution >= 4 is 22.4 Å². The first-order valence-electron chi connectivity index (χ1n) is 5.75. The Morgan fingerprint density at radius 1 is 1.00 bits per heavy atom. The Kier molecular flexibility index (Phi) is 2.86. The van der Waals surface area contributed by atoms with Crippen molar-refractivity contribution in [3.63, 3.8) is 0 Å². The van der Waals surface area contributed by atoms with E-state index in [4.69, 9.17) is 0 Å². The van der Waals surface area contributed by atoms with E-state index in [2.05, 4.69) is 20.5 Å². The van der Waals surface area contributed by atoms with Crippen molar-refractivity contribution in [2.75, 3.05) is 5.32 Å². The van der Waals surface area contributed by atoms with Gasteiger partial charge in [0, 0.05) is 22.5 Å². The molecule has 0 bridgehead atoms. The van der Waals surface area contributed by atoms with Gasteiger partial charge in [-0.3, -0.25) is 9.78 Å². The highest BCUT2D eigenvalue weighted by atomic mass is 16.1. The minimum absolute atomic E-state index is 0.174. The number of benzene rings is 1. The molecule has 0 unspecified atom stereocenters. The monoisotopic (exact) mass is 250 g/mol. The molecule has 0 spiro atoms. The van der Waals surface area contributed by atoms with Crippen molar-refractivity contribution in [3.05, 3.63) is 60.7 Å². The number of aromatic nitrogens is 3. The molecule has 5 heteroatoms. The van der Waals surface area contributed by atoms with E-state index in [1.165, 1.54) is 0 Å². The highest BCUT2D eigenvalue weighted by Gasteiger charge is 2.07. The molecule has 92 valence electrons. The van der Waals surface area contributed by atoms with Gasteiger partial charge in [-0.05, 0) is 24.3 Å². The van der Waals surface area contributed by atoms with E-state index in [0.717, 1.165) is 10.8 Å². The summed E-state index contributed by atoms with van der Waals surface area (Å²) in [6.07, 6.45) is 6.56. The Morgan fingerprint density at radius 2 is 1.84 bits per heavy atom. The molecule has 1 aromatic carbocycles. The molecule has 1 N–H and O–H groups in total. The van der Waals surface area contributed by atoms with Gasteiger partial charge in [0.15, 0.2) is 0 Å². The lowest BCUT2D eigenvalue weighted by molar-refractivity contribution is 0.102. The quantitative estimate of drug-likeness (QED) is 0.757. The number of amides is 1. The van der Waals surface area contributed by atoms with E-state index in [1.807, 2.05) is 6.07 Å². The molecule has 5 nitrogen and oxygen atoms in total. The van der Waals surface area contributed by atoms with Crippen LogP contribution in [-0.4, -0.2) is 21.1 Å². The van der Waals surface area contributed by atoms with E-state index in [9.17, 15) is 4.79 Å². The number of rotatable bonds is 2. The minimum atomic E-state index is -0.174. The molecule has 0 atom stereocenters. The third-order valence-electron chi connectivity index (χ3n) is 2.73. The molecule has 1 amide bonds. The summed E-state index contributed by atoms with van der Waals surface area (Å²) in [5.74, 6) is -0.174. The van der Waals surface area contributed by atoms with Gasteiger partial charge in [0.1, 0.15) is 0 Å². The molecule has 0 fully saturated rings. The maximum atomic E-state index is 12.1. The molecule has 2 aromatic heterocycles. The molecule has 3 rings (SSSR count). The van der Waals surface area contributed by atoms with Crippen LogP contribution in [0, 0.1) is 0 Å². The first-order chi connectivity index (χ1) is 9.33. The molecule has 0 radical (unpaired) electrons. The average molecular weight is 250 g/mol. The number of fused-ring (bicyclic) bond motifs is 1. The van der Waals surface area contributed by atoms with Gasteiger partial charge in [0.05, 0.1) is 24.3 Å². The predicted molar refractivity (Wildman–Crippen MR) is 71.7 cm³/mol. The normalized spacial score (nSPS) is 10.3. The van der Waals surface area contributed by atoms with Gasteiger partial charge in [-0.2, -0.15) is 10.2 Å². The molecule has 2 heterocycles. The number of anilines is 1. The fourth-order valence-corrected chi connectivity index (χ4v) is 1.78. The second-order valence-electron chi connectivity index (χ2n) is 4.03. The Hall–Kier alpha value is -2.82. The maximum Gasteiger partial charge on any atom is 0.255 e. The van der Waals surface area contributed by atoms with Crippen molar-refractivity contribution < 1.29 is 4.79 Å². The van der Waals surface area contributed by atoms with Gasteiger partial charge in [0.25, 0.3) is 5.91 Å². The summed E-state index contributed by atoms with van der Waals surface area (Å²) in [7, 11) is 0. The fourth-order valence-electron chi connectivity index (χ4n) is 1.78. The highest BCUT2D eigenvalue weighted by molar-refractivity contribution is 6.06. The van der Waals surface area contributed by atoms with Gasteiger partial charge >= 0.3 is 0 Å². The second kappa shape index (κ2) is 4.81. The molecule has 0 saturated carbocycles. The zero-order valence-corrected chi connectivity index (χ0v) is 9.95.